The summed E-state index contributed by atoms with van der Waals surface area (Å²) in [4.78, 5) is 13.6. The number of hydrogen-bond acceptors (Lipinski definition) is 3. The maximum atomic E-state index is 11.4. The zero-order valence-corrected chi connectivity index (χ0v) is 11.3. The molecule has 1 unspecified atom stereocenters. The lowest BCUT2D eigenvalue weighted by Crippen LogP contribution is -2.35. The summed E-state index contributed by atoms with van der Waals surface area (Å²) in [6.07, 6.45) is 3.52. The summed E-state index contributed by atoms with van der Waals surface area (Å²) >= 11 is 0. The minimum atomic E-state index is -0.0975. The summed E-state index contributed by atoms with van der Waals surface area (Å²) < 4.78 is 4.98. The van der Waals surface area contributed by atoms with Crippen molar-refractivity contribution in [3.63, 3.8) is 0 Å². The summed E-state index contributed by atoms with van der Waals surface area (Å²) in [5.41, 5.74) is 0. The zero-order valence-electron chi connectivity index (χ0n) is 11.3. The molecule has 3 nitrogen and oxygen atoms in total. The Kier molecular flexibility index (Phi) is 9.30. The molecule has 16 heavy (non-hydrogen) atoms. The fourth-order valence-corrected chi connectivity index (χ4v) is 1.97. The van der Waals surface area contributed by atoms with E-state index in [2.05, 4.69) is 25.7 Å². The number of esters is 1. The monoisotopic (exact) mass is 229 g/mol. The second-order valence-electron chi connectivity index (χ2n) is 4.43. The van der Waals surface area contributed by atoms with E-state index in [0.29, 0.717) is 19.1 Å². The van der Waals surface area contributed by atoms with E-state index in [1.54, 1.807) is 0 Å². The Morgan fingerprint density at radius 2 is 1.94 bits per heavy atom. The Labute approximate surface area is 100 Å². The van der Waals surface area contributed by atoms with Gasteiger partial charge < -0.3 is 4.74 Å². The van der Waals surface area contributed by atoms with E-state index in [-0.39, 0.29) is 5.97 Å². The SMILES string of the molecule is CCCC(C)CN(CCC)CC(=O)OCC. The maximum Gasteiger partial charge on any atom is 0.320 e. The molecule has 0 saturated carbocycles. The van der Waals surface area contributed by atoms with Crippen molar-refractivity contribution in [1.29, 1.82) is 0 Å². The number of rotatable bonds is 9. The summed E-state index contributed by atoms with van der Waals surface area (Å²) in [6, 6.07) is 0. The topological polar surface area (TPSA) is 29.5 Å². The van der Waals surface area contributed by atoms with E-state index in [9.17, 15) is 4.79 Å². The Morgan fingerprint density at radius 3 is 2.44 bits per heavy atom. The van der Waals surface area contributed by atoms with E-state index in [4.69, 9.17) is 4.74 Å². The Morgan fingerprint density at radius 1 is 1.25 bits per heavy atom. The zero-order chi connectivity index (χ0) is 12.4. The van der Waals surface area contributed by atoms with Crippen LogP contribution in [0, 0.1) is 5.92 Å². The predicted octanol–water partition coefficient (Wildman–Crippen LogP) is 2.70. The molecule has 0 rings (SSSR count). The quantitative estimate of drug-likeness (QED) is 0.569. The molecule has 0 N–H and O–H groups in total. The number of nitrogens with zero attached hydrogens (tertiary/aromatic N) is 1. The van der Waals surface area contributed by atoms with Gasteiger partial charge in [0.05, 0.1) is 13.2 Å². The van der Waals surface area contributed by atoms with E-state index >= 15 is 0 Å². The number of carbonyl (C=O) groups excluding carboxylic acids is 1. The van der Waals surface area contributed by atoms with E-state index < -0.39 is 0 Å². The van der Waals surface area contributed by atoms with Crippen molar-refractivity contribution in [1.82, 2.24) is 4.90 Å². The van der Waals surface area contributed by atoms with Crippen molar-refractivity contribution in [2.45, 2.75) is 47.0 Å². The summed E-state index contributed by atoms with van der Waals surface area (Å²) in [6.45, 7) is 11.3. The van der Waals surface area contributed by atoms with Crippen LogP contribution in [0.4, 0.5) is 0 Å². The normalized spacial score (nSPS) is 12.8. The van der Waals surface area contributed by atoms with Crippen molar-refractivity contribution in [3.05, 3.63) is 0 Å². The molecule has 0 heterocycles. The van der Waals surface area contributed by atoms with Crippen molar-refractivity contribution in [2.75, 3.05) is 26.2 Å². The average molecular weight is 229 g/mol. The van der Waals surface area contributed by atoms with Gasteiger partial charge in [-0.3, -0.25) is 9.69 Å². The molecule has 0 saturated heterocycles. The fraction of sp³-hybridized carbons (Fsp3) is 0.923. The molecular formula is C13H27NO2. The standard InChI is InChI=1S/C13H27NO2/c1-5-8-12(4)10-14(9-6-2)11-13(15)16-7-3/h12H,5-11H2,1-4H3. The highest BCUT2D eigenvalue weighted by Gasteiger charge is 2.13. The molecule has 0 radical (unpaired) electrons. The third kappa shape index (κ3) is 7.69. The van der Waals surface area contributed by atoms with Gasteiger partial charge in [-0.1, -0.05) is 27.2 Å². The van der Waals surface area contributed by atoms with Crippen LogP contribution in [-0.4, -0.2) is 37.1 Å². The molecule has 0 aliphatic heterocycles. The molecule has 0 aromatic rings. The van der Waals surface area contributed by atoms with Crippen LogP contribution >= 0.6 is 0 Å². The lowest BCUT2D eigenvalue weighted by Gasteiger charge is -2.24. The smallest absolute Gasteiger partial charge is 0.320 e. The van der Waals surface area contributed by atoms with Crippen molar-refractivity contribution in [3.8, 4) is 0 Å². The molecule has 3 heteroatoms. The minimum absolute atomic E-state index is 0.0975. The van der Waals surface area contributed by atoms with Gasteiger partial charge in [0.25, 0.3) is 0 Å². The first-order chi connectivity index (χ1) is 7.63. The van der Waals surface area contributed by atoms with E-state index in [1.807, 2.05) is 6.92 Å². The highest BCUT2D eigenvalue weighted by Crippen LogP contribution is 2.08. The maximum absolute atomic E-state index is 11.4. The molecule has 0 aliphatic carbocycles. The first-order valence-corrected chi connectivity index (χ1v) is 6.51. The van der Waals surface area contributed by atoms with Gasteiger partial charge in [-0.05, 0) is 32.2 Å². The largest absolute Gasteiger partial charge is 0.465 e. The van der Waals surface area contributed by atoms with Gasteiger partial charge in [0, 0.05) is 6.54 Å². The van der Waals surface area contributed by atoms with Gasteiger partial charge in [0.1, 0.15) is 0 Å². The first-order valence-electron chi connectivity index (χ1n) is 6.51. The average Bonchev–Trinajstić information content (AvgIpc) is 2.18. The second kappa shape index (κ2) is 9.64. The third-order valence-electron chi connectivity index (χ3n) is 2.55. The Balaban J connectivity index is 4.00. The molecule has 0 aliphatic rings. The highest BCUT2D eigenvalue weighted by atomic mass is 16.5. The summed E-state index contributed by atoms with van der Waals surface area (Å²) in [5, 5.41) is 0. The molecule has 0 aromatic carbocycles. The molecule has 0 aromatic heterocycles. The Bertz CT molecular complexity index is 183. The van der Waals surface area contributed by atoms with Crippen molar-refractivity contribution >= 4 is 5.97 Å². The van der Waals surface area contributed by atoms with Gasteiger partial charge >= 0.3 is 5.97 Å². The number of ether oxygens (including phenoxy) is 1. The molecule has 0 spiro atoms. The van der Waals surface area contributed by atoms with E-state index in [1.165, 1.54) is 12.8 Å². The van der Waals surface area contributed by atoms with Crippen LogP contribution in [0.3, 0.4) is 0 Å². The van der Waals surface area contributed by atoms with Crippen LogP contribution < -0.4 is 0 Å². The lowest BCUT2D eigenvalue weighted by molar-refractivity contribution is -0.144. The highest BCUT2D eigenvalue weighted by molar-refractivity contribution is 5.71. The molecule has 96 valence electrons. The van der Waals surface area contributed by atoms with Crippen LogP contribution in [0.5, 0.6) is 0 Å². The van der Waals surface area contributed by atoms with Gasteiger partial charge in [-0.2, -0.15) is 0 Å². The van der Waals surface area contributed by atoms with Crippen molar-refractivity contribution < 1.29 is 9.53 Å². The molecule has 1 atom stereocenters. The fourth-order valence-electron chi connectivity index (χ4n) is 1.97. The van der Waals surface area contributed by atoms with Crippen LogP contribution in [0.1, 0.15) is 47.0 Å². The van der Waals surface area contributed by atoms with Crippen LogP contribution in [0.25, 0.3) is 0 Å². The molecular weight excluding hydrogens is 202 g/mol. The second-order valence-corrected chi connectivity index (χ2v) is 4.43. The van der Waals surface area contributed by atoms with Crippen molar-refractivity contribution in [2.24, 2.45) is 5.92 Å². The van der Waals surface area contributed by atoms with Gasteiger partial charge in [0.2, 0.25) is 0 Å². The van der Waals surface area contributed by atoms with Gasteiger partial charge in [-0.15, -0.1) is 0 Å². The predicted molar refractivity (Wildman–Crippen MR) is 67.4 cm³/mol. The number of hydrogen-bond donors (Lipinski definition) is 0. The van der Waals surface area contributed by atoms with Crippen LogP contribution in [-0.2, 0) is 9.53 Å². The number of carbonyl (C=O) groups is 1. The van der Waals surface area contributed by atoms with Crippen LogP contribution in [0.15, 0.2) is 0 Å². The lowest BCUT2D eigenvalue weighted by atomic mass is 10.1. The van der Waals surface area contributed by atoms with Gasteiger partial charge in [0.15, 0.2) is 0 Å². The summed E-state index contributed by atoms with van der Waals surface area (Å²) in [7, 11) is 0. The van der Waals surface area contributed by atoms with Gasteiger partial charge in [-0.25, -0.2) is 0 Å². The first kappa shape index (κ1) is 15.4. The van der Waals surface area contributed by atoms with Crippen LogP contribution in [0.2, 0.25) is 0 Å². The third-order valence-corrected chi connectivity index (χ3v) is 2.55. The molecule has 0 fully saturated rings. The molecule has 0 bridgehead atoms. The molecule has 0 amide bonds. The Hall–Kier alpha value is -0.570. The van der Waals surface area contributed by atoms with E-state index in [0.717, 1.165) is 19.5 Å². The summed E-state index contributed by atoms with van der Waals surface area (Å²) in [5.74, 6) is 0.561. The minimum Gasteiger partial charge on any atom is -0.465 e.